The number of rotatable bonds is 5. The molecule has 0 amide bonds. The third-order valence-electron chi connectivity index (χ3n) is 6.32. The molecule has 2 aromatic carbocycles. The van der Waals surface area contributed by atoms with E-state index in [0.29, 0.717) is 23.3 Å². The Morgan fingerprint density at radius 2 is 1.78 bits per heavy atom. The normalized spacial score (nSPS) is 22.4. The quantitative estimate of drug-likeness (QED) is 0.403. The summed E-state index contributed by atoms with van der Waals surface area (Å²) in [6.07, 6.45) is -4.36. The van der Waals surface area contributed by atoms with E-state index in [1.807, 2.05) is 18.7 Å². The van der Waals surface area contributed by atoms with E-state index in [9.17, 15) is 18.0 Å². The molecule has 2 aliphatic rings. The molecule has 1 saturated heterocycles. The molecule has 2 aliphatic heterocycles. The van der Waals surface area contributed by atoms with Crippen LogP contribution in [0.3, 0.4) is 0 Å². The van der Waals surface area contributed by atoms with E-state index >= 15 is 0 Å². The molecule has 1 atom stereocenters. The first-order chi connectivity index (χ1) is 14.9. The molecule has 1 fully saturated rings. The Morgan fingerprint density at radius 1 is 1.12 bits per heavy atom. The highest BCUT2D eigenvalue weighted by Crippen LogP contribution is 2.49. The van der Waals surface area contributed by atoms with Crippen molar-refractivity contribution in [2.24, 2.45) is 10.4 Å². The highest BCUT2D eigenvalue weighted by atomic mass is 35.5. The summed E-state index contributed by atoms with van der Waals surface area (Å²) < 4.78 is 42.9. The molecule has 2 aromatic rings. The predicted octanol–water partition coefficient (Wildman–Crippen LogP) is 7.32. The number of hydrogen-bond acceptors (Lipinski definition) is 3. The third-order valence-corrected chi connectivity index (χ3v) is 8.55. The smallest absolute Gasteiger partial charge is 0.294 e. The first-order valence-corrected chi connectivity index (χ1v) is 12.1. The van der Waals surface area contributed by atoms with Crippen LogP contribution in [-0.4, -0.2) is 35.7 Å². The zero-order chi connectivity index (χ0) is 23.3. The molecule has 2 nitrogen and oxygen atoms in total. The van der Waals surface area contributed by atoms with Crippen LogP contribution in [0.4, 0.5) is 13.2 Å². The lowest BCUT2D eigenvalue weighted by Gasteiger charge is -2.37. The van der Waals surface area contributed by atoms with Gasteiger partial charge in [0.25, 0.3) is 0 Å². The fourth-order valence-corrected chi connectivity index (χ4v) is 6.02. The van der Waals surface area contributed by atoms with Crippen LogP contribution in [0, 0.1) is 12.3 Å². The fourth-order valence-electron chi connectivity index (χ4n) is 4.39. The highest BCUT2D eigenvalue weighted by molar-refractivity contribution is 8.00. The largest absolute Gasteiger partial charge is 0.400 e. The van der Waals surface area contributed by atoms with Crippen LogP contribution in [0.1, 0.15) is 46.8 Å². The first kappa shape index (κ1) is 23.7. The molecule has 4 rings (SSSR count). The monoisotopic (exact) mass is 499 g/mol. The molecule has 0 spiro atoms. The predicted molar refractivity (Wildman–Crippen MR) is 126 cm³/mol. The van der Waals surface area contributed by atoms with Gasteiger partial charge in [0.1, 0.15) is 5.41 Å². The number of aryl methyl sites for hydroxylation is 1. The van der Waals surface area contributed by atoms with Gasteiger partial charge in [-0.15, -0.1) is 0 Å². The molecule has 1 unspecified atom stereocenters. The second-order valence-electron chi connectivity index (χ2n) is 9.11. The molecule has 2 heterocycles. The zero-order valence-electron chi connectivity index (χ0n) is 17.7. The van der Waals surface area contributed by atoms with Crippen LogP contribution in [0.25, 0.3) is 0 Å². The minimum absolute atomic E-state index is 0.0105. The SMILES string of the molecule is Cc1cc(C2=NCC(c3cc(Cl)cc(Cl)c3)(C(F)(F)F)C2)ccc1C(=O)CC1(C)CSC1. The van der Waals surface area contributed by atoms with Gasteiger partial charge in [-0.05, 0) is 64.8 Å². The number of benzene rings is 2. The number of thioether (sulfide) groups is 1. The molecule has 0 radical (unpaired) electrons. The van der Waals surface area contributed by atoms with Crippen molar-refractivity contribution in [2.75, 3.05) is 18.1 Å². The lowest BCUT2D eigenvalue weighted by Crippen LogP contribution is -2.43. The lowest BCUT2D eigenvalue weighted by atomic mass is 9.76. The van der Waals surface area contributed by atoms with Gasteiger partial charge < -0.3 is 0 Å². The molecular formula is C24H22Cl2F3NOS. The summed E-state index contributed by atoms with van der Waals surface area (Å²) in [5, 5.41) is 0.309. The van der Waals surface area contributed by atoms with Gasteiger partial charge in [-0.3, -0.25) is 9.79 Å². The molecule has 0 bridgehead atoms. The lowest BCUT2D eigenvalue weighted by molar-refractivity contribution is -0.183. The Labute approximate surface area is 199 Å². The number of alkyl halides is 3. The summed E-state index contributed by atoms with van der Waals surface area (Å²) in [5.41, 5.74) is 0.195. The Balaban J connectivity index is 1.61. The fraction of sp³-hybridized carbons (Fsp3) is 0.417. The number of carbonyl (C=O) groups is 1. The summed E-state index contributed by atoms with van der Waals surface area (Å²) >= 11 is 13.8. The molecular weight excluding hydrogens is 478 g/mol. The summed E-state index contributed by atoms with van der Waals surface area (Å²) in [7, 11) is 0. The van der Waals surface area contributed by atoms with E-state index in [1.54, 1.807) is 18.2 Å². The van der Waals surface area contributed by atoms with Gasteiger partial charge >= 0.3 is 6.18 Å². The third kappa shape index (κ3) is 4.34. The van der Waals surface area contributed by atoms with E-state index in [4.69, 9.17) is 23.2 Å². The Hall–Kier alpha value is -1.50. The van der Waals surface area contributed by atoms with Gasteiger partial charge in [0, 0.05) is 34.2 Å². The maximum absolute atomic E-state index is 14.3. The van der Waals surface area contributed by atoms with Crippen molar-refractivity contribution in [3.8, 4) is 0 Å². The average Bonchev–Trinajstić information content (AvgIpc) is 3.12. The molecule has 0 aliphatic carbocycles. The van der Waals surface area contributed by atoms with Crippen molar-refractivity contribution in [3.63, 3.8) is 0 Å². The van der Waals surface area contributed by atoms with Crippen LogP contribution < -0.4 is 0 Å². The Morgan fingerprint density at radius 3 is 2.31 bits per heavy atom. The van der Waals surface area contributed by atoms with Gasteiger partial charge in [0.05, 0.1) is 6.54 Å². The standard InChI is InChI=1S/C24H22Cl2F3NOS/c1-14-5-15(3-4-19(14)21(31)10-22(2)12-32-13-22)20-9-23(11-30-20,24(27,28)29)16-6-17(25)8-18(26)7-16/h3-8H,9-13H2,1-2H3. The van der Waals surface area contributed by atoms with Crippen molar-refractivity contribution < 1.29 is 18.0 Å². The van der Waals surface area contributed by atoms with Crippen molar-refractivity contribution in [2.45, 2.75) is 38.3 Å². The van der Waals surface area contributed by atoms with Gasteiger partial charge in [0.15, 0.2) is 5.78 Å². The number of Topliss-reactive ketones (excluding diaryl/α,β-unsaturated/α-hetero) is 1. The minimum Gasteiger partial charge on any atom is -0.294 e. The van der Waals surface area contributed by atoms with E-state index < -0.39 is 18.1 Å². The maximum Gasteiger partial charge on any atom is 0.400 e. The minimum atomic E-state index is -4.53. The molecule has 170 valence electrons. The van der Waals surface area contributed by atoms with Crippen LogP contribution in [0.15, 0.2) is 41.4 Å². The van der Waals surface area contributed by atoms with E-state index in [2.05, 4.69) is 11.9 Å². The number of aliphatic imine (C=N–C) groups is 1. The van der Waals surface area contributed by atoms with Gasteiger partial charge in [-0.1, -0.05) is 42.3 Å². The first-order valence-electron chi connectivity index (χ1n) is 10.2. The van der Waals surface area contributed by atoms with Crippen molar-refractivity contribution in [3.05, 3.63) is 68.7 Å². The van der Waals surface area contributed by atoms with Crippen LogP contribution in [-0.2, 0) is 5.41 Å². The van der Waals surface area contributed by atoms with Gasteiger partial charge in [-0.2, -0.15) is 24.9 Å². The van der Waals surface area contributed by atoms with Crippen molar-refractivity contribution in [1.29, 1.82) is 0 Å². The molecule has 0 N–H and O–H groups in total. The molecule has 8 heteroatoms. The van der Waals surface area contributed by atoms with Crippen LogP contribution in [0.2, 0.25) is 10.0 Å². The number of ketones is 1. The Kier molecular flexibility index (Phi) is 6.19. The number of halogens is 5. The van der Waals surface area contributed by atoms with Crippen LogP contribution in [0.5, 0.6) is 0 Å². The van der Waals surface area contributed by atoms with E-state index in [1.165, 1.54) is 18.2 Å². The van der Waals surface area contributed by atoms with Gasteiger partial charge in [-0.25, -0.2) is 0 Å². The van der Waals surface area contributed by atoms with Gasteiger partial charge in [0.2, 0.25) is 0 Å². The zero-order valence-corrected chi connectivity index (χ0v) is 20.0. The summed E-state index contributed by atoms with van der Waals surface area (Å²) in [6.45, 7) is 3.49. The molecule has 0 aromatic heterocycles. The van der Waals surface area contributed by atoms with Crippen molar-refractivity contribution >= 4 is 46.5 Å². The second kappa shape index (κ2) is 8.37. The number of carbonyl (C=O) groups excluding carboxylic acids is 1. The highest BCUT2D eigenvalue weighted by Gasteiger charge is 2.58. The maximum atomic E-state index is 14.3. The number of nitrogens with zero attached hydrogens (tertiary/aromatic N) is 1. The summed E-state index contributed by atoms with van der Waals surface area (Å²) in [4.78, 5) is 17.1. The van der Waals surface area contributed by atoms with E-state index in [-0.39, 0.29) is 33.2 Å². The topological polar surface area (TPSA) is 29.4 Å². The number of hydrogen-bond donors (Lipinski definition) is 0. The van der Waals surface area contributed by atoms with Crippen LogP contribution >= 0.6 is 35.0 Å². The Bertz CT molecular complexity index is 1090. The van der Waals surface area contributed by atoms with Crippen molar-refractivity contribution in [1.82, 2.24) is 0 Å². The summed E-state index contributed by atoms with van der Waals surface area (Å²) in [6, 6.07) is 9.22. The molecule has 0 saturated carbocycles. The van der Waals surface area contributed by atoms with E-state index in [0.717, 1.165) is 17.1 Å². The second-order valence-corrected chi connectivity index (χ2v) is 11.0. The average molecular weight is 500 g/mol. The summed E-state index contributed by atoms with van der Waals surface area (Å²) in [5.74, 6) is 2.02. The molecule has 32 heavy (non-hydrogen) atoms.